The smallest absolute Gasteiger partial charge is 0.269 e. The average Bonchev–Trinajstić information content (AvgIpc) is 3.84. The van der Waals surface area contributed by atoms with Crippen molar-refractivity contribution in [2.24, 2.45) is 5.92 Å². The number of non-ortho nitro benzene ring substituents is 1. The van der Waals surface area contributed by atoms with Gasteiger partial charge in [-0.05, 0) is 60.8 Å². The summed E-state index contributed by atoms with van der Waals surface area (Å²) in [6.07, 6.45) is 2.01. The van der Waals surface area contributed by atoms with Crippen LogP contribution in [0.1, 0.15) is 40.5 Å². The third-order valence-electron chi connectivity index (χ3n) is 10.9. The molecule has 14 heteroatoms. The summed E-state index contributed by atoms with van der Waals surface area (Å²) >= 11 is 0. The highest BCUT2D eigenvalue weighted by atomic mass is 28.4. The largest absolute Gasteiger partial charge is 0.432 e. The third-order valence-corrected chi connectivity index (χ3v) is 13.4. The molecule has 0 aliphatic carbocycles. The van der Waals surface area contributed by atoms with Gasteiger partial charge in [-0.25, -0.2) is 0 Å². The zero-order valence-corrected chi connectivity index (χ0v) is 30.0. The van der Waals surface area contributed by atoms with Crippen molar-refractivity contribution in [3.8, 4) is 0 Å². The first-order valence-corrected chi connectivity index (χ1v) is 20.4. The summed E-state index contributed by atoms with van der Waals surface area (Å²) in [6, 6.07) is 23.5. The lowest BCUT2D eigenvalue weighted by Crippen LogP contribution is -2.46. The number of anilines is 3. The molecule has 266 valence electrons. The summed E-state index contributed by atoms with van der Waals surface area (Å²) in [6.45, 7) is 6.07. The molecule has 4 atom stereocenters. The van der Waals surface area contributed by atoms with Crippen LogP contribution in [-0.2, 0) is 34.6 Å². The van der Waals surface area contributed by atoms with Gasteiger partial charge in [-0.2, -0.15) is 0 Å². The molecule has 4 heterocycles. The van der Waals surface area contributed by atoms with Gasteiger partial charge in [0, 0.05) is 66.0 Å². The standard InChI is InChI=1S/C38H38N6O7Si/c1-23-35(52(2,3)50)33(16-18-41-22-26(17-19-45)39-40-41)51-38(23)30-20-28(44(48)49)14-15-31(30)42(37(38)47)21-24-10-12-27(13-11-24)43-32-9-5-7-25-6-4-8-29(34(25)32)36(43)46/h4-15,20,22-23,33,35,45,50H,16-19,21H2,1-3H3/t23-,33+,35-,38+/m1/s1. The highest BCUT2D eigenvalue weighted by Gasteiger charge is 2.66. The molecule has 0 unspecified atom stereocenters. The number of aromatic nitrogens is 3. The summed E-state index contributed by atoms with van der Waals surface area (Å²) in [5, 5.41) is 31.5. The molecule has 1 fully saturated rings. The van der Waals surface area contributed by atoms with Gasteiger partial charge < -0.3 is 19.5 Å². The van der Waals surface area contributed by atoms with Crippen LogP contribution in [-0.4, -0.2) is 62.7 Å². The van der Waals surface area contributed by atoms with Crippen molar-refractivity contribution in [2.75, 3.05) is 16.4 Å². The Morgan fingerprint density at radius 3 is 2.48 bits per heavy atom. The summed E-state index contributed by atoms with van der Waals surface area (Å²) in [4.78, 5) is 54.9. The van der Waals surface area contributed by atoms with Crippen LogP contribution in [0.4, 0.5) is 22.7 Å². The fourth-order valence-electron chi connectivity index (χ4n) is 8.65. The molecule has 13 nitrogen and oxygen atoms in total. The summed E-state index contributed by atoms with van der Waals surface area (Å²) in [5.74, 6) is -0.947. The van der Waals surface area contributed by atoms with Crippen LogP contribution in [0.2, 0.25) is 18.6 Å². The lowest BCUT2D eigenvalue weighted by atomic mass is 9.82. The van der Waals surface area contributed by atoms with Crippen molar-refractivity contribution in [1.82, 2.24) is 15.0 Å². The lowest BCUT2D eigenvalue weighted by Gasteiger charge is -2.32. The number of amides is 2. The van der Waals surface area contributed by atoms with Gasteiger partial charge >= 0.3 is 0 Å². The summed E-state index contributed by atoms with van der Waals surface area (Å²) in [5.41, 5.74) is 2.46. The number of aliphatic hydroxyl groups is 1. The Labute approximate surface area is 300 Å². The number of aryl methyl sites for hydroxylation is 1. The highest BCUT2D eigenvalue weighted by Crippen LogP contribution is 2.60. The number of nitro groups is 1. The predicted octanol–water partition coefficient (Wildman–Crippen LogP) is 5.60. The molecule has 3 aliphatic rings. The number of aliphatic hydroxyl groups excluding tert-OH is 1. The Hall–Kier alpha value is -5.28. The van der Waals surface area contributed by atoms with Gasteiger partial charge in [-0.1, -0.05) is 48.5 Å². The SMILES string of the molecule is C[C@@H]1[C@@H]([Si](C)(C)O)[C@H](CCn2cc(CCO)nn2)O[C@@]12C(=O)N(Cc1ccc(N3C(=O)c4cccc5cccc3c45)cc1)c1ccc([N+](=O)[O-])cc12. The molecule has 1 spiro atoms. The van der Waals surface area contributed by atoms with E-state index in [-0.39, 0.29) is 36.2 Å². The minimum Gasteiger partial charge on any atom is -0.432 e. The molecule has 4 aromatic carbocycles. The minimum atomic E-state index is -2.98. The van der Waals surface area contributed by atoms with Crippen molar-refractivity contribution < 1.29 is 29.2 Å². The summed E-state index contributed by atoms with van der Waals surface area (Å²) < 4.78 is 8.51. The Bertz CT molecular complexity index is 2250. The Morgan fingerprint density at radius 1 is 1.02 bits per heavy atom. The first-order valence-electron chi connectivity index (χ1n) is 17.4. The monoisotopic (exact) mass is 718 g/mol. The molecule has 5 aromatic rings. The second-order valence-electron chi connectivity index (χ2n) is 14.4. The molecular weight excluding hydrogens is 681 g/mol. The number of hydrogen-bond acceptors (Lipinski definition) is 9. The van der Waals surface area contributed by atoms with E-state index in [2.05, 4.69) is 10.3 Å². The number of ether oxygens (including phenoxy) is 1. The van der Waals surface area contributed by atoms with Crippen LogP contribution in [0.25, 0.3) is 10.8 Å². The Morgan fingerprint density at radius 2 is 1.77 bits per heavy atom. The van der Waals surface area contributed by atoms with E-state index in [1.807, 2.05) is 80.7 Å². The minimum absolute atomic E-state index is 0.0467. The van der Waals surface area contributed by atoms with Gasteiger partial charge in [0.05, 0.1) is 40.2 Å². The van der Waals surface area contributed by atoms with Crippen LogP contribution in [0.3, 0.4) is 0 Å². The molecule has 0 radical (unpaired) electrons. The number of benzene rings is 4. The topological polar surface area (TPSA) is 164 Å². The van der Waals surface area contributed by atoms with E-state index < -0.39 is 30.9 Å². The van der Waals surface area contributed by atoms with Crippen LogP contribution < -0.4 is 9.80 Å². The van der Waals surface area contributed by atoms with Gasteiger partial charge in [0.2, 0.25) is 0 Å². The van der Waals surface area contributed by atoms with Crippen molar-refractivity contribution in [3.63, 3.8) is 0 Å². The molecule has 2 N–H and O–H groups in total. The van der Waals surface area contributed by atoms with Crippen molar-refractivity contribution in [2.45, 2.75) is 63.2 Å². The zero-order valence-electron chi connectivity index (χ0n) is 29.0. The molecule has 52 heavy (non-hydrogen) atoms. The number of nitrogens with zero attached hydrogens (tertiary/aromatic N) is 6. The number of carbonyl (C=O) groups excluding carboxylic acids is 2. The first kappa shape index (κ1) is 33.8. The van der Waals surface area contributed by atoms with Gasteiger partial charge in [-0.3, -0.25) is 29.3 Å². The van der Waals surface area contributed by atoms with E-state index in [1.54, 1.807) is 26.7 Å². The fourth-order valence-corrected chi connectivity index (χ4v) is 11.3. The van der Waals surface area contributed by atoms with E-state index in [0.29, 0.717) is 47.6 Å². The van der Waals surface area contributed by atoms with Crippen molar-refractivity contribution in [3.05, 3.63) is 118 Å². The molecule has 1 aromatic heterocycles. The van der Waals surface area contributed by atoms with Gasteiger partial charge in [0.1, 0.15) is 0 Å². The highest BCUT2D eigenvalue weighted by molar-refractivity contribution is 6.71. The number of carbonyl (C=O) groups is 2. The van der Waals surface area contributed by atoms with Crippen molar-refractivity contribution in [1.29, 1.82) is 0 Å². The molecule has 0 saturated carbocycles. The molecule has 1 saturated heterocycles. The zero-order chi connectivity index (χ0) is 36.5. The third kappa shape index (κ3) is 5.24. The van der Waals surface area contributed by atoms with Crippen LogP contribution in [0.5, 0.6) is 0 Å². The van der Waals surface area contributed by atoms with E-state index in [9.17, 15) is 29.6 Å². The number of nitro benzene ring substituents is 1. The van der Waals surface area contributed by atoms with Crippen LogP contribution in [0, 0.1) is 16.0 Å². The Balaban J connectivity index is 1.11. The molecule has 0 bridgehead atoms. The van der Waals surface area contributed by atoms with E-state index >= 15 is 0 Å². The van der Waals surface area contributed by atoms with Crippen LogP contribution >= 0.6 is 0 Å². The normalized spacial score (nSPS) is 22.3. The first-order chi connectivity index (χ1) is 24.9. The maximum absolute atomic E-state index is 14.9. The lowest BCUT2D eigenvalue weighted by molar-refractivity contribution is -0.385. The van der Waals surface area contributed by atoms with Gasteiger partial charge in [-0.15, -0.1) is 5.10 Å². The Kier molecular flexibility index (Phi) is 8.10. The van der Waals surface area contributed by atoms with E-state index in [1.165, 1.54) is 12.1 Å². The predicted molar refractivity (Wildman–Crippen MR) is 196 cm³/mol. The molecular formula is C38H38N6O7Si. The summed E-state index contributed by atoms with van der Waals surface area (Å²) in [7, 11) is -2.98. The van der Waals surface area contributed by atoms with E-state index in [0.717, 1.165) is 22.0 Å². The average molecular weight is 719 g/mol. The molecule has 8 rings (SSSR count). The van der Waals surface area contributed by atoms with E-state index in [4.69, 9.17) is 4.74 Å². The molecule has 3 aliphatic heterocycles. The van der Waals surface area contributed by atoms with Crippen LogP contribution in [0.15, 0.2) is 85.1 Å². The van der Waals surface area contributed by atoms with Gasteiger partial charge in [0.15, 0.2) is 13.9 Å². The molecule has 2 amide bonds. The van der Waals surface area contributed by atoms with Crippen molar-refractivity contribution >= 4 is 53.7 Å². The second-order valence-corrected chi connectivity index (χ2v) is 18.4. The fraction of sp³-hybridized carbons (Fsp3) is 0.316. The number of hydrogen-bond donors (Lipinski definition) is 2. The number of fused-ring (bicyclic) bond motifs is 2. The second kappa shape index (κ2) is 12.4. The van der Waals surface area contributed by atoms with Gasteiger partial charge in [0.25, 0.3) is 17.5 Å². The quantitative estimate of drug-likeness (QED) is 0.106. The number of rotatable bonds is 10. The maximum atomic E-state index is 14.9. The maximum Gasteiger partial charge on any atom is 0.269 e.